The first kappa shape index (κ1) is 12.3. The van der Waals surface area contributed by atoms with Crippen molar-refractivity contribution >= 4 is 17.4 Å². The Morgan fingerprint density at radius 2 is 2.38 bits per heavy atom. The number of pyridine rings is 1. The van der Waals surface area contributed by atoms with Gasteiger partial charge in [-0.2, -0.15) is 0 Å². The average molecular weight is 222 g/mol. The van der Waals surface area contributed by atoms with E-state index in [1.165, 1.54) is 0 Å². The molecule has 0 bridgehead atoms. The molecule has 0 saturated heterocycles. The third-order valence-corrected chi connectivity index (χ3v) is 2.40. The van der Waals surface area contributed by atoms with Gasteiger partial charge in [-0.15, -0.1) is 0 Å². The number of carbonyl (C=O) groups is 1. The fraction of sp³-hybridized carbons (Fsp3) is 0.455. The van der Waals surface area contributed by atoms with Crippen molar-refractivity contribution in [3.05, 3.63) is 18.3 Å². The van der Waals surface area contributed by atoms with Gasteiger partial charge in [0.05, 0.1) is 5.92 Å². The molecule has 1 heterocycles. The number of anilines is 2. The Labute approximate surface area is 95.7 Å². The van der Waals surface area contributed by atoms with Crippen LogP contribution >= 0.6 is 0 Å². The van der Waals surface area contributed by atoms with E-state index < -0.39 is 0 Å². The molecule has 1 rings (SSSR count). The van der Waals surface area contributed by atoms with E-state index in [1.807, 2.05) is 18.9 Å². The normalized spacial score (nSPS) is 11.9. The number of nitrogens with two attached hydrogens (primary N) is 1. The van der Waals surface area contributed by atoms with Crippen LogP contribution in [0.2, 0.25) is 0 Å². The van der Waals surface area contributed by atoms with E-state index in [0.29, 0.717) is 12.2 Å². The molecule has 0 aliphatic rings. The molecule has 1 atom stereocenters. The summed E-state index contributed by atoms with van der Waals surface area (Å²) in [7, 11) is 3.53. The fourth-order valence-electron chi connectivity index (χ4n) is 1.48. The van der Waals surface area contributed by atoms with Crippen molar-refractivity contribution < 1.29 is 4.79 Å². The van der Waals surface area contributed by atoms with Gasteiger partial charge in [-0.1, -0.05) is 6.92 Å². The number of rotatable bonds is 4. The summed E-state index contributed by atoms with van der Waals surface area (Å²) in [5.41, 5.74) is 6.34. The molecular formula is C11H18N4O. The van der Waals surface area contributed by atoms with Gasteiger partial charge in [0.1, 0.15) is 5.82 Å². The highest BCUT2D eigenvalue weighted by atomic mass is 16.1. The molecule has 0 spiro atoms. The molecule has 1 aromatic rings. The Balaban J connectivity index is 2.65. The topological polar surface area (TPSA) is 71.2 Å². The van der Waals surface area contributed by atoms with Gasteiger partial charge in [-0.25, -0.2) is 4.98 Å². The van der Waals surface area contributed by atoms with Crippen molar-refractivity contribution in [1.29, 1.82) is 0 Å². The van der Waals surface area contributed by atoms with Crippen LogP contribution in [0.1, 0.15) is 6.92 Å². The molecule has 16 heavy (non-hydrogen) atoms. The van der Waals surface area contributed by atoms with Crippen LogP contribution in [0, 0.1) is 5.92 Å². The lowest BCUT2D eigenvalue weighted by Crippen LogP contribution is -2.34. The van der Waals surface area contributed by atoms with Crippen molar-refractivity contribution in [2.24, 2.45) is 5.92 Å². The molecule has 88 valence electrons. The Bertz CT molecular complexity index is 367. The number of nitrogens with zero attached hydrogens (tertiary/aromatic N) is 2. The molecule has 1 aromatic heterocycles. The highest BCUT2D eigenvalue weighted by molar-refractivity contribution is 5.78. The highest BCUT2D eigenvalue weighted by Gasteiger charge is 2.14. The van der Waals surface area contributed by atoms with E-state index in [-0.39, 0.29) is 11.8 Å². The van der Waals surface area contributed by atoms with Crippen LogP contribution in [0.25, 0.3) is 0 Å². The Kier molecular flexibility index (Phi) is 4.10. The predicted octanol–water partition coefficient (Wildman–Crippen LogP) is 0.482. The first-order valence-corrected chi connectivity index (χ1v) is 5.19. The Morgan fingerprint density at radius 1 is 1.69 bits per heavy atom. The largest absolute Gasteiger partial charge is 0.399 e. The number of nitrogen functional groups attached to an aromatic ring is 1. The molecule has 0 saturated carbocycles. The van der Waals surface area contributed by atoms with Gasteiger partial charge in [-0.3, -0.25) is 4.79 Å². The van der Waals surface area contributed by atoms with E-state index in [9.17, 15) is 4.79 Å². The maximum Gasteiger partial charge on any atom is 0.224 e. The van der Waals surface area contributed by atoms with Gasteiger partial charge in [-0.05, 0) is 6.07 Å². The first-order valence-electron chi connectivity index (χ1n) is 5.19. The standard InChI is InChI=1S/C11H18N4O/c1-8(11(16)13-2)7-15(3)10-6-9(12)4-5-14-10/h4-6,8H,7H2,1-3H3,(H2,12,14)(H,13,16). The zero-order valence-electron chi connectivity index (χ0n) is 9.90. The van der Waals surface area contributed by atoms with Crippen LogP contribution in [0.15, 0.2) is 18.3 Å². The fourth-order valence-corrected chi connectivity index (χ4v) is 1.48. The highest BCUT2D eigenvalue weighted by Crippen LogP contribution is 2.13. The smallest absolute Gasteiger partial charge is 0.224 e. The first-order chi connectivity index (χ1) is 7.54. The monoisotopic (exact) mass is 222 g/mol. The number of aromatic nitrogens is 1. The molecule has 0 aliphatic heterocycles. The number of carbonyl (C=O) groups excluding carboxylic acids is 1. The van der Waals surface area contributed by atoms with Gasteiger partial charge >= 0.3 is 0 Å². The molecule has 0 radical (unpaired) electrons. The third kappa shape index (κ3) is 3.12. The van der Waals surface area contributed by atoms with Crippen molar-refractivity contribution in [3.63, 3.8) is 0 Å². The molecule has 0 aromatic carbocycles. The number of amides is 1. The van der Waals surface area contributed by atoms with E-state index in [0.717, 1.165) is 5.82 Å². The minimum absolute atomic E-state index is 0.0238. The summed E-state index contributed by atoms with van der Waals surface area (Å²) in [6.07, 6.45) is 1.66. The molecule has 0 fully saturated rings. The zero-order valence-corrected chi connectivity index (χ0v) is 9.90. The lowest BCUT2D eigenvalue weighted by Gasteiger charge is -2.21. The van der Waals surface area contributed by atoms with Gasteiger partial charge < -0.3 is 16.0 Å². The summed E-state index contributed by atoms with van der Waals surface area (Å²) in [5, 5.41) is 2.62. The van der Waals surface area contributed by atoms with E-state index in [1.54, 1.807) is 25.4 Å². The quantitative estimate of drug-likeness (QED) is 0.777. The SMILES string of the molecule is CNC(=O)C(C)CN(C)c1cc(N)ccn1. The van der Waals surface area contributed by atoms with Crippen LogP contribution in [-0.4, -0.2) is 31.5 Å². The summed E-state index contributed by atoms with van der Waals surface area (Å²) in [6.45, 7) is 2.48. The average Bonchev–Trinajstić information content (AvgIpc) is 2.27. The van der Waals surface area contributed by atoms with Gasteiger partial charge in [0.15, 0.2) is 0 Å². The maximum absolute atomic E-state index is 11.4. The summed E-state index contributed by atoms with van der Waals surface area (Å²) in [4.78, 5) is 17.5. The van der Waals surface area contributed by atoms with E-state index >= 15 is 0 Å². The van der Waals surface area contributed by atoms with Crippen LogP contribution in [0.5, 0.6) is 0 Å². The molecule has 5 nitrogen and oxygen atoms in total. The van der Waals surface area contributed by atoms with Crippen LogP contribution in [-0.2, 0) is 4.79 Å². The molecular weight excluding hydrogens is 204 g/mol. The Morgan fingerprint density at radius 3 is 2.94 bits per heavy atom. The maximum atomic E-state index is 11.4. The summed E-state index contributed by atoms with van der Waals surface area (Å²) < 4.78 is 0. The summed E-state index contributed by atoms with van der Waals surface area (Å²) >= 11 is 0. The lowest BCUT2D eigenvalue weighted by molar-refractivity contribution is -0.123. The van der Waals surface area contributed by atoms with Gasteiger partial charge in [0, 0.05) is 38.6 Å². The van der Waals surface area contributed by atoms with Crippen molar-refractivity contribution in [1.82, 2.24) is 10.3 Å². The number of hydrogen-bond acceptors (Lipinski definition) is 4. The Hall–Kier alpha value is -1.78. The van der Waals surface area contributed by atoms with Crippen molar-refractivity contribution in [2.75, 3.05) is 31.3 Å². The van der Waals surface area contributed by atoms with Crippen LogP contribution < -0.4 is 16.0 Å². The molecule has 3 N–H and O–H groups in total. The van der Waals surface area contributed by atoms with Crippen LogP contribution in [0.3, 0.4) is 0 Å². The van der Waals surface area contributed by atoms with E-state index in [2.05, 4.69) is 10.3 Å². The minimum atomic E-state index is -0.0850. The number of hydrogen-bond donors (Lipinski definition) is 2. The predicted molar refractivity (Wildman–Crippen MR) is 65.2 cm³/mol. The summed E-state index contributed by atoms with van der Waals surface area (Å²) in [5.74, 6) is 0.713. The lowest BCUT2D eigenvalue weighted by atomic mass is 10.1. The molecule has 0 aliphatic carbocycles. The zero-order chi connectivity index (χ0) is 12.1. The molecule has 5 heteroatoms. The van der Waals surface area contributed by atoms with Gasteiger partial charge in [0.2, 0.25) is 5.91 Å². The second-order valence-corrected chi connectivity index (χ2v) is 3.84. The molecule has 1 unspecified atom stereocenters. The second-order valence-electron chi connectivity index (χ2n) is 3.84. The minimum Gasteiger partial charge on any atom is -0.399 e. The third-order valence-electron chi connectivity index (χ3n) is 2.40. The van der Waals surface area contributed by atoms with Crippen molar-refractivity contribution in [3.8, 4) is 0 Å². The van der Waals surface area contributed by atoms with Gasteiger partial charge in [0.25, 0.3) is 0 Å². The number of nitrogens with one attached hydrogen (secondary N) is 1. The second kappa shape index (κ2) is 5.34. The van der Waals surface area contributed by atoms with Crippen molar-refractivity contribution in [2.45, 2.75) is 6.92 Å². The molecule has 1 amide bonds. The van der Waals surface area contributed by atoms with Crippen LogP contribution in [0.4, 0.5) is 11.5 Å². The summed E-state index contributed by atoms with van der Waals surface area (Å²) in [6, 6.07) is 3.52. The van der Waals surface area contributed by atoms with E-state index in [4.69, 9.17) is 5.73 Å².